The first-order chi connectivity index (χ1) is 14.2. The second-order valence-corrected chi connectivity index (χ2v) is 7.66. The highest BCUT2D eigenvalue weighted by Crippen LogP contribution is 2.28. The van der Waals surface area contributed by atoms with Crippen LogP contribution in [0.25, 0.3) is 0 Å². The van der Waals surface area contributed by atoms with Crippen molar-refractivity contribution in [1.29, 1.82) is 0 Å². The van der Waals surface area contributed by atoms with E-state index in [4.69, 9.17) is 4.74 Å². The number of hydrazone groups is 1. The van der Waals surface area contributed by atoms with E-state index in [1.807, 2.05) is 0 Å². The number of nitrogens with one attached hydrogen (secondary N) is 2. The highest BCUT2D eigenvalue weighted by Gasteiger charge is 2.14. The predicted octanol–water partition coefficient (Wildman–Crippen LogP) is 4.16. The Morgan fingerprint density at radius 3 is 2.60 bits per heavy atom. The van der Waals surface area contributed by atoms with Gasteiger partial charge in [0, 0.05) is 22.3 Å². The molecule has 0 spiro atoms. The van der Waals surface area contributed by atoms with Crippen LogP contribution < -0.4 is 15.5 Å². The molecule has 0 fully saturated rings. The van der Waals surface area contributed by atoms with Gasteiger partial charge in [0.05, 0.1) is 21.5 Å². The molecule has 0 atom stereocenters. The van der Waals surface area contributed by atoms with Gasteiger partial charge in [0.2, 0.25) is 5.91 Å². The number of rotatable bonds is 8. The molecule has 2 N–H and O–H groups in total. The molecule has 9 nitrogen and oxygen atoms in total. The maximum Gasteiger partial charge on any atom is 0.277 e. The highest BCUT2D eigenvalue weighted by atomic mass is 79.9. The van der Waals surface area contributed by atoms with E-state index in [9.17, 15) is 24.1 Å². The second-order valence-electron chi connectivity index (χ2n) is 5.89. The summed E-state index contributed by atoms with van der Waals surface area (Å²) in [5.74, 6) is -1.55. The number of nitrogens with zero attached hydrogens (tertiary/aromatic N) is 2. The van der Waals surface area contributed by atoms with Crippen LogP contribution in [0.2, 0.25) is 0 Å². The number of ether oxygens (including phenoxy) is 1. The lowest BCUT2D eigenvalue weighted by Crippen LogP contribution is -2.26. The molecule has 0 bridgehead atoms. The fourth-order valence-corrected chi connectivity index (χ4v) is 3.28. The van der Waals surface area contributed by atoms with Gasteiger partial charge >= 0.3 is 0 Å². The SMILES string of the molecule is C/C(CC(=O)Nc1cc([N+](=O)[O-])ccc1F)=N\NC(=O)COc1ccc(Br)cc1Br. The molecule has 0 aromatic heterocycles. The Balaban J connectivity index is 1.85. The summed E-state index contributed by atoms with van der Waals surface area (Å²) >= 11 is 6.61. The van der Waals surface area contributed by atoms with Gasteiger partial charge in [0.1, 0.15) is 11.6 Å². The number of carbonyl (C=O) groups excluding carboxylic acids is 2. The first-order valence-electron chi connectivity index (χ1n) is 8.29. The van der Waals surface area contributed by atoms with Crippen molar-refractivity contribution in [2.24, 2.45) is 5.10 Å². The normalized spacial score (nSPS) is 11.0. The third-order valence-electron chi connectivity index (χ3n) is 3.48. The fourth-order valence-electron chi connectivity index (χ4n) is 2.11. The van der Waals surface area contributed by atoms with Crippen molar-refractivity contribution < 1.29 is 23.6 Å². The lowest BCUT2D eigenvalue weighted by atomic mass is 10.2. The molecule has 0 saturated carbocycles. The van der Waals surface area contributed by atoms with Gasteiger partial charge in [-0.3, -0.25) is 19.7 Å². The molecule has 158 valence electrons. The van der Waals surface area contributed by atoms with Gasteiger partial charge in [-0.05, 0) is 47.1 Å². The van der Waals surface area contributed by atoms with E-state index in [0.717, 1.165) is 22.7 Å². The molecule has 0 aliphatic heterocycles. The van der Waals surface area contributed by atoms with Gasteiger partial charge in [-0.1, -0.05) is 15.9 Å². The topological polar surface area (TPSA) is 123 Å². The summed E-state index contributed by atoms with van der Waals surface area (Å²) in [5.41, 5.74) is 1.80. The molecule has 0 aliphatic carbocycles. The van der Waals surface area contributed by atoms with Gasteiger partial charge in [-0.2, -0.15) is 5.10 Å². The van der Waals surface area contributed by atoms with Crippen molar-refractivity contribution in [3.63, 3.8) is 0 Å². The van der Waals surface area contributed by atoms with Crippen LogP contribution in [0.3, 0.4) is 0 Å². The number of hydrogen-bond acceptors (Lipinski definition) is 6. The van der Waals surface area contributed by atoms with Gasteiger partial charge in [0.25, 0.3) is 11.6 Å². The zero-order chi connectivity index (χ0) is 22.3. The second kappa shape index (κ2) is 10.8. The van der Waals surface area contributed by atoms with E-state index >= 15 is 0 Å². The molecule has 2 amide bonds. The average molecular weight is 546 g/mol. The maximum atomic E-state index is 13.7. The molecule has 0 heterocycles. The Kier molecular flexibility index (Phi) is 8.42. The van der Waals surface area contributed by atoms with Crippen molar-refractivity contribution in [2.45, 2.75) is 13.3 Å². The van der Waals surface area contributed by atoms with Crippen molar-refractivity contribution in [3.05, 3.63) is 61.3 Å². The molecule has 0 unspecified atom stereocenters. The minimum atomic E-state index is -0.812. The Bertz CT molecular complexity index is 1020. The molecular weight excluding hydrogens is 531 g/mol. The molecule has 0 aliphatic rings. The number of nitro groups is 1. The van der Waals surface area contributed by atoms with Crippen LogP contribution in [-0.4, -0.2) is 29.1 Å². The van der Waals surface area contributed by atoms with E-state index in [2.05, 4.69) is 47.7 Å². The molecule has 0 saturated heterocycles. The summed E-state index contributed by atoms with van der Waals surface area (Å²) in [6.45, 7) is 1.18. The largest absolute Gasteiger partial charge is 0.483 e. The standard InChI is InChI=1S/C18H15Br2FN4O5/c1-10(6-17(26)22-15-8-12(25(28)29)3-4-14(15)21)23-24-18(27)9-30-16-5-2-11(19)7-13(16)20/h2-5,7-8H,6,9H2,1H3,(H,22,26)(H,24,27)/b23-10+. The summed E-state index contributed by atoms with van der Waals surface area (Å²) in [6, 6.07) is 7.98. The number of hydrogen-bond donors (Lipinski definition) is 2. The number of anilines is 1. The van der Waals surface area contributed by atoms with Crippen LogP contribution in [0.15, 0.2) is 50.4 Å². The van der Waals surface area contributed by atoms with Gasteiger partial charge in [-0.25, -0.2) is 9.82 Å². The Morgan fingerprint density at radius 1 is 1.20 bits per heavy atom. The third kappa shape index (κ3) is 7.19. The zero-order valence-corrected chi connectivity index (χ0v) is 18.6. The van der Waals surface area contributed by atoms with Crippen molar-refractivity contribution in [1.82, 2.24) is 5.43 Å². The van der Waals surface area contributed by atoms with Crippen LogP contribution in [0.4, 0.5) is 15.8 Å². The van der Waals surface area contributed by atoms with Crippen molar-refractivity contribution >= 4 is 60.8 Å². The summed E-state index contributed by atoms with van der Waals surface area (Å²) in [5, 5.41) is 16.8. The number of carbonyl (C=O) groups is 2. The zero-order valence-electron chi connectivity index (χ0n) is 15.4. The van der Waals surface area contributed by atoms with Crippen molar-refractivity contribution in [3.8, 4) is 5.75 Å². The smallest absolute Gasteiger partial charge is 0.277 e. The highest BCUT2D eigenvalue weighted by molar-refractivity contribution is 9.11. The lowest BCUT2D eigenvalue weighted by Gasteiger charge is -2.08. The molecule has 12 heteroatoms. The molecule has 30 heavy (non-hydrogen) atoms. The van der Waals surface area contributed by atoms with E-state index in [1.165, 1.54) is 6.92 Å². The molecular formula is C18H15Br2FN4O5. The predicted molar refractivity (Wildman–Crippen MR) is 115 cm³/mol. The van der Waals surface area contributed by atoms with Gasteiger partial charge in [0.15, 0.2) is 6.61 Å². The number of benzene rings is 2. The minimum Gasteiger partial charge on any atom is -0.483 e. The van der Waals surface area contributed by atoms with E-state index in [0.29, 0.717) is 10.2 Å². The molecule has 2 aromatic carbocycles. The monoisotopic (exact) mass is 544 g/mol. The van der Waals surface area contributed by atoms with Crippen LogP contribution in [-0.2, 0) is 9.59 Å². The first kappa shape index (κ1) is 23.4. The molecule has 0 radical (unpaired) electrons. The van der Waals surface area contributed by atoms with Gasteiger partial charge < -0.3 is 10.1 Å². The number of nitro benzene ring substituents is 1. The molecule has 2 rings (SSSR count). The quantitative estimate of drug-likeness (QED) is 0.293. The first-order valence-corrected chi connectivity index (χ1v) is 9.88. The van der Waals surface area contributed by atoms with Crippen LogP contribution in [0, 0.1) is 15.9 Å². The lowest BCUT2D eigenvalue weighted by molar-refractivity contribution is -0.384. The summed E-state index contributed by atoms with van der Waals surface area (Å²) in [6.07, 6.45) is -0.262. The van der Waals surface area contributed by atoms with Crippen LogP contribution in [0.5, 0.6) is 5.75 Å². The van der Waals surface area contributed by atoms with Crippen LogP contribution in [0.1, 0.15) is 13.3 Å². The summed E-state index contributed by atoms with van der Waals surface area (Å²) < 4.78 is 20.6. The third-order valence-corrected chi connectivity index (χ3v) is 4.59. The van der Waals surface area contributed by atoms with Gasteiger partial charge in [-0.15, -0.1) is 0 Å². The van der Waals surface area contributed by atoms with E-state index in [1.54, 1.807) is 18.2 Å². The van der Waals surface area contributed by atoms with Crippen LogP contribution >= 0.6 is 31.9 Å². The van der Waals surface area contributed by atoms with E-state index < -0.39 is 22.6 Å². The molecule has 2 aromatic rings. The Morgan fingerprint density at radius 2 is 1.93 bits per heavy atom. The number of amides is 2. The average Bonchev–Trinajstić information content (AvgIpc) is 2.67. The Hall–Kier alpha value is -2.86. The van der Waals surface area contributed by atoms with E-state index in [-0.39, 0.29) is 30.1 Å². The number of halogens is 3. The maximum absolute atomic E-state index is 13.7. The number of non-ortho nitro benzene ring substituents is 1. The Labute approximate surface area is 187 Å². The fraction of sp³-hybridized carbons (Fsp3) is 0.167. The summed E-state index contributed by atoms with van der Waals surface area (Å²) in [7, 11) is 0. The summed E-state index contributed by atoms with van der Waals surface area (Å²) in [4.78, 5) is 33.9. The minimum absolute atomic E-state index is 0.233. The van der Waals surface area contributed by atoms with Crippen molar-refractivity contribution in [2.75, 3.05) is 11.9 Å².